The molecule has 0 radical (unpaired) electrons. The monoisotopic (exact) mass is 331 g/mol. The Labute approximate surface area is 149 Å². The zero-order chi connectivity index (χ0) is 17.4. The van der Waals surface area contributed by atoms with Crippen LogP contribution in [-0.4, -0.2) is 28.0 Å². The molecule has 0 N–H and O–H groups in total. The van der Waals surface area contributed by atoms with Crippen LogP contribution in [0.15, 0.2) is 48.8 Å². The number of hydrogen-bond donors (Lipinski definition) is 0. The van der Waals surface area contributed by atoms with Crippen LogP contribution in [-0.2, 0) is 19.5 Å². The molecule has 3 nitrogen and oxygen atoms in total. The molecule has 0 bridgehead atoms. The normalized spacial score (nSPS) is 15.6. The van der Waals surface area contributed by atoms with Crippen molar-refractivity contribution in [1.29, 1.82) is 0 Å². The van der Waals surface area contributed by atoms with Crippen molar-refractivity contribution in [2.24, 2.45) is 0 Å². The van der Waals surface area contributed by atoms with Gasteiger partial charge in [-0.2, -0.15) is 0 Å². The SMILES string of the molecule is C/C=C(\Cn1c2c(c3cc(C)ccc31)CN(C)CC2)c1ccncc1. The number of nitrogens with zero attached hydrogens (tertiary/aromatic N) is 3. The Morgan fingerprint density at radius 2 is 2.00 bits per heavy atom. The zero-order valence-electron chi connectivity index (χ0n) is 15.3. The van der Waals surface area contributed by atoms with Gasteiger partial charge in [-0.05, 0) is 61.9 Å². The molecule has 25 heavy (non-hydrogen) atoms. The van der Waals surface area contributed by atoms with Crippen LogP contribution in [0.2, 0.25) is 0 Å². The highest BCUT2D eigenvalue weighted by molar-refractivity contribution is 5.87. The number of aromatic nitrogens is 2. The van der Waals surface area contributed by atoms with Crippen molar-refractivity contribution in [3.05, 3.63) is 71.2 Å². The molecule has 128 valence electrons. The van der Waals surface area contributed by atoms with E-state index in [2.05, 4.69) is 71.8 Å². The molecule has 1 aromatic carbocycles. The maximum Gasteiger partial charge on any atom is 0.0489 e. The smallest absolute Gasteiger partial charge is 0.0489 e. The summed E-state index contributed by atoms with van der Waals surface area (Å²) in [6, 6.07) is 11.1. The highest BCUT2D eigenvalue weighted by Gasteiger charge is 2.22. The van der Waals surface area contributed by atoms with Crippen molar-refractivity contribution in [1.82, 2.24) is 14.5 Å². The first-order valence-corrected chi connectivity index (χ1v) is 9.02. The minimum atomic E-state index is 0.916. The molecule has 0 amide bonds. The molecule has 2 aromatic heterocycles. The van der Waals surface area contributed by atoms with Crippen LogP contribution in [0.4, 0.5) is 0 Å². The molecule has 1 aliphatic heterocycles. The average molecular weight is 331 g/mol. The van der Waals surface area contributed by atoms with Gasteiger partial charge >= 0.3 is 0 Å². The number of aryl methyl sites for hydroxylation is 1. The number of allylic oxidation sites excluding steroid dienone is 2. The number of likely N-dealkylation sites (N-methyl/N-ethyl adjacent to an activating group) is 1. The summed E-state index contributed by atoms with van der Waals surface area (Å²) >= 11 is 0. The van der Waals surface area contributed by atoms with Crippen LogP contribution in [0.25, 0.3) is 16.5 Å². The van der Waals surface area contributed by atoms with Crippen LogP contribution < -0.4 is 0 Å². The van der Waals surface area contributed by atoms with Gasteiger partial charge in [0.25, 0.3) is 0 Å². The zero-order valence-corrected chi connectivity index (χ0v) is 15.3. The molecule has 0 spiro atoms. The largest absolute Gasteiger partial charge is 0.340 e. The van der Waals surface area contributed by atoms with Gasteiger partial charge in [-0.15, -0.1) is 0 Å². The number of hydrogen-bond acceptors (Lipinski definition) is 2. The lowest BCUT2D eigenvalue weighted by Crippen LogP contribution is -2.27. The molecular formula is C22H25N3. The first-order chi connectivity index (χ1) is 12.2. The predicted octanol–water partition coefficient (Wildman–Crippen LogP) is 4.44. The fourth-order valence-electron chi connectivity index (χ4n) is 3.96. The summed E-state index contributed by atoms with van der Waals surface area (Å²) in [5.74, 6) is 0. The second-order valence-corrected chi connectivity index (χ2v) is 7.07. The summed E-state index contributed by atoms with van der Waals surface area (Å²) in [4.78, 5) is 6.58. The highest BCUT2D eigenvalue weighted by atomic mass is 15.1. The van der Waals surface area contributed by atoms with Gasteiger partial charge in [0, 0.05) is 55.0 Å². The molecule has 0 fully saturated rings. The third kappa shape index (κ3) is 2.89. The van der Waals surface area contributed by atoms with Gasteiger partial charge < -0.3 is 9.47 Å². The molecule has 3 heteroatoms. The lowest BCUT2D eigenvalue weighted by molar-refractivity contribution is 0.310. The maximum atomic E-state index is 4.16. The van der Waals surface area contributed by atoms with E-state index in [9.17, 15) is 0 Å². The van der Waals surface area contributed by atoms with Crippen LogP contribution in [0.1, 0.15) is 29.3 Å². The van der Waals surface area contributed by atoms with E-state index < -0.39 is 0 Å². The van der Waals surface area contributed by atoms with Crippen LogP contribution in [0.5, 0.6) is 0 Å². The van der Waals surface area contributed by atoms with E-state index in [1.807, 2.05) is 12.4 Å². The van der Waals surface area contributed by atoms with Crippen molar-refractivity contribution >= 4 is 16.5 Å². The minimum Gasteiger partial charge on any atom is -0.340 e. The third-order valence-electron chi connectivity index (χ3n) is 5.33. The number of benzene rings is 1. The molecule has 0 saturated heterocycles. The van der Waals surface area contributed by atoms with Crippen LogP contribution >= 0.6 is 0 Å². The van der Waals surface area contributed by atoms with Gasteiger partial charge in [0.05, 0.1) is 0 Å². The van der Waals surface area contributed by atoms with Crippen molar-refractivity contribution in [3.63, 3.8) is 0 Å². The van der Waals surface area contributed by atoms with Crippen LogP contribution in [0.3, 0.4) is 0 Å². The lowest BCUT2D eigenvalue weighted by atomic mass is 10.0. The van der Waals surface area contributed by atoms with Crippen molar-refractivity contribution in [3.8, 4) is 0 Å². The van der Waals surface area contributed by atoms with E-state index in [0.29, 0.717) is 0 Å². The highest BCUT2D eigenvalue weighted by Crippen LogP contribution is 2.33. The van der Waals surface area contributed by atoms with Gasteiger partial charge in [0.15, 0.2) is 0 Å². The van der Waals surface area contributed by atoms with Gasteiger partial charge in [-0.1, -0.05) is 17.7 Å². The topological polar surface area (TPSA) is 21.1 Å². The maximum absolute atomic E-state index is 4.16. The van der Waals surface area contributed by atoms with Gasteiger partial charge in [0.2, 0.25) is 0 Å². The Kier molecular flexibility index (Phi) is 4.18. The summed E-state index contributed by atoms with van der Waals surface area (Å²) in [6.45, 7) is 7.40. The molecule has 3 heterocycles. The Morgan fingerprint density at radius 3 is 2.76 bits per heavy atom. The van der Waals surface area contributed by atoms with E-state index >= 15 is 0 Å². The van der Waals surface area contributed by atoms with E-state index in [1.54, 1.807) is 0 Å². The Bertz CT molecular complexity index is 935. The fraction of sp³-hybridized carbons (Fsp3) is 0.318. The number of pyridine rings is 1. The Hall–Kier alpha value is -2.39. The van der Waals surface area contributed by atoms with E-state index in [4.69, 9.17) is 0 Å². The number of rotatable bonds is 3. The second kappa shape index (κ2) is 6.49. The van der Waals surface area contributed by atoms with Crippen molar-refractivity contribution in [2.45, 2.75) is 33.4 Å². The minimum absolute atomic E-state index is 0.916. The summed E-state index contributed by atoms with van der Waals surface area (Å²) in [5.41, 5.74) is 8.32. The average Bonchev–Trinajstić information content (AvgIpc) is 2.92. The first kappa shape index (κ1) is 16.1. The van der Waals surface area contributed by atoms with Gasteiger partial charge in [-0.3, -0.25) is 4.98 Å². The van der Waals surface area contributed by atoms with E-state index in [0.717, 1.165) is 26.1 Å². The van der Waals surface area contributed by atoms with E-state index in [1.165, 1.54) is 38.9 Å². The second-order valence-electron chi connectivity index (χ2n) is 7.07. The molecule has 0 aliphatic carbocycles. The fourth-order valence-corrected chi connectivity index (χ4v) is 3.96. The van der Waals surface area contributed by atoms with Gasteiger partial charge in [-0.25, -0.2) is 0 Å². The third-order valence-corrected chi connectivity index (χ3v) is 5.33. The molecule has 0 atom stereocenters. The molecule has 0 saturated carbocycles. The number of fused-ring (bicyclic) bond motifs is 3. The van der Waals surface area contributed by atoms with Crippen molar-refractivity contribution < 1.29 is 0 Å². The lowest BCUT2D eigenvalue weighted by Gasteiger charge is -2.24. The molecule has 1 aliphatic rings. The van der Waals surface area contributed by atoms with Crippen molar-refractivity contribution in [2.75, 3.05) is 13.6 Å². The summed E-state index contributed by atoms with van der Waals surface area (Å²) < 4.78 is 2.53. The molecule has 3 aromatic rings. The first-order valence-electron chi connectivity index (χ1n) is 9.02. The Balaban J connectivity index is 1.84. The molecule has 0 unspecified atom stereocenters. The molecule has 4 rings (SSSR count). The van der Waals surface area contributed by atoms with Gasteiger partial charge in [0.1, 0.15) is 0 Å². The molecular weight excluding hydrogens is 306 g/mol. The van der Waals surface area contributed by atoms with Crippen LogP contribution in [0, 0.1) is 6.92 Å². The standard InChI is InChI=1S/C22H25N3/c1-4-17(18-7-10-23-11-8-18)14-25-21-6-5-16(2)13-19(21)20-15-24(3)12-9-22(20)25/h4-8,10-11,13H,9,12,14-15H2,1-3H3/b17-4+. The quantitative estimate of drug-likeness (QED) is 0.707. The summed E-state index contributed by atoms with van der Waals surface area (Å²) in [7, 11) is 2.22. The Morgan fingerprint density at radius 1 is 1.20 bits per heavy atom. The predicted molar refractivity (Wildman–Crippen MR) is 105 cm³/mol. The van der Waals surface area contributed by atoms with E-state index in [-0.39, 0.29) is 0 Å². The summed E-state index contributed by atoms with van der Waals surface area (Å²) in [6.07, 6.45) is 7.10. The summed E-state index contributed by atoms with van der Waals surface area (Å²) in [5, 5.41) is 1.42.